The zero-order valence-corrected chi connectivity index (χ0v) is 10.2. The van der Waals surface area contributed by atoms with Gasteiger partial charge in [-0.05, 0) is 24.9 Å². The van der Waals surface area contributed by atoms with Crippen molar-refractivity contribution in [2.24, 2.45) is 5.73 Å². The number of nitrogens with zero attached hydrogens (tertiary/aromatic N) is 1. The van der Waals surface area contributed by atoms with Crippen LogP contribution in [-0.2, 0) is 6.54 Å². The average Bonchev–Trinajstić information content (AvgIpc) is 2.40. The summed E-state index contributed by atoms with van der Waals surface area (Å²) < 4.78 is 13.8. The minimum atomic E-state index is -0.890. The Morgan fingerprint density at radius 3 is 2.76 bits per heavy atom. The van der Waals surface area contributed by atoms with Crippen LogP contribution in [0.4, 0.5) is 4.39 Å². The lowest BCUT2D eigenvalue weighted by molar-refractivity contribution is 0.0733. The first-order valence-corrected chi connectivity index (χ1v) is 6.43. The highest BCUT2D eigenvalue weighted by Crippen LogP contribution is 2.23. The van der Waals surface area contributed by atoms with Gasteiger partial charge in [0.1, 0.15) is 6.17 Å². The quantitative estimate of drug-likeness (QED) is 0.869. The fourth-order valence-corrected chi connectivity index (χ4v) is 2.60. The third-order valence-electron chi connectivity index (χ3n) is 3.54. The molecule has 1 saturated heterocycles. The van der Waals surface area contributed by atoms with Crippen LogP contribution in [0, 0.1) is 0 Å². The summed E-state index contributed by atoms with van der Waals surface area (Å²) in [6.07, 6.45) is 2.33. The lowest BCUT2D eigenvalue weighted by atomic mass is 9.97. The molecule has 1 aromatic carbocycles. The Kier molecular flexibility index (Phi) is 4.51. The first-order chi connectivity index (χ1) is 8.31. The van der Waals surface area contributed by atoms with Crippen LogP contribution in [0.25, 0.3) is 0 Å². The number of alkyl halides is 1. The first kappa shape index (κ1) is 12.5. The zero-order chi connectivity index (χ0) is 12.1. The van der Waals surface area contributed by atoms with Gasteiger partial charge in [-0.3, -0.25) is 4.90 Å². The molecular weight excluding hydrogens is 215 g/mol. The highest BCUT2D eigenvalue weighted by molar-refractivity contribution is 5.14. The zero-order valence-electron chi connectivity index (χ0n) is 10.2. The van der Waals surface area contributed by atoms with Gasteiger partial charge in [0, 0.05) is 19.1 Å². The molecule has 3 heteroatoms. The molecule has 0 saturated carbocycles. The van der Waals surface area contributed by atoms with Crippen LogP contribution in [0.5, 0.6) is 0 Å². The maximum Gasteiger partial charge on any atom is 0.128 e. The molecule has 0 aliphatic carbocycles. The summed E-state index contributed by atoms with van der Waals surface area (Å²) in [6.45, 7) is 1.96. The van der Waals surface area contributed by atoms with Gasteiger partial charge in [-0.1, -0.05) is 36.8 Å². The molecule has 1 aliphatic rings. The van der Waals surface area contributed by atoms with Crippen molar-refractivity contribution in [1.29, 1.82) is 0 Å². The lowest BCUT2D eigenvalue weighted by Gasteiger charge is -2.37. The standard InChI is InChI=1S/C14H21FN2/c15-13(10-16)14-8-4-5-9-17(14)11-12-6-2-1-3-7-12/h1-3,6-7,13-14H,4-5,8-11,16H2. The molecule has 2 rings (SSSR count). The summed E-state index contributed by atoms with van der Waals surface area (Å²) in [5.74, 6) is 0. The van der Waals surface area contributed by atoms with Crippen molar-refractivity contribution in [3.63, 3.8) is 0 Å². The molecule has 2 atom stereocenters. The minimum Gasteiger partial charge on any atom is -0.328 e. The first-order valence-electron chi connectivity index (χ1n) is 6.43. The van der Waals surface area contributed by atoms with E-state index in [1.54, 1.807) is 0 Å². The molecule has 1 fully saturated rings. The van der Waals surface area contributed by atoms with Gasteiger partial charge in [0.25, 0.3) is 0 Å². The fourth-order valence-electron chi connectivity index (χ4n) is 2.60. The number of nitrogens with two attached hydrogens (primary N) is 1. The molecule has 2 N–H and O–H groups in total. The van der Waals surface area contributed by atoms with Crippen molar-refractivity contribution in [1.82, 2.24) is 4.90 Å². The molecule has 94 valence electrons. The number of hydrogen-bond donors (Lipinski definition) is 1. The van der Waals surface area contributed by atoms with Crippen molar-refractivity contribution in [3.8, 4) is 0 Å². The van der Waals surface area contributed by atoms with Crippen molar-refractivity contribution in [2.45, 2.75) is 38.0 Å². The number of halogens is 1. The van der Waals surface area contributed by atoms with Crippen LogP contribution >= 0.6 is 0 Å². The molecule has 1 aliphatic heterocycles. The van der Waals surface area contributed by atoms with E-state index < -0.39 is 6.17 Å². The molecule has 1 aromatic rings. The molecule has 0 aromatic heterocycles. The van der Waals surface area contributed by atoms with Gasteiger partial charge in [-0.25, -0.2) is 4.39 Å². The van der Waals surface area contributed by atoms with E-state index in [-0.39, 0.29) is 12.6 Å². The number of piperidine rings is 1. The van der Waals surface area contributed by atoms with Crippen LogP contribution in [-0.4, -0.2) is 30.2 Å². The number of hydrogen-bond acceptors (Lipinski definition) is 2. The number of rotatable bonds is 4. The van der Waals surface area contributed by atoms with Gasteiger partial charge in [0.15, 0.2) is 0 Å². The second-order valence-corrected chi connectivity index (χ2v) is 4.77. The number of likely N-dealkylation sites (tertiary alicyclic amines) is 1. The van der Waals surface area contributed by atoms with E-state index in [0.29, 0.717) is 0 Å². The van der Waals surface area contributed by atoms with Crippen molar-refractivity contribution < 1.29 is 4.39 Å². The number of benzene rings is 1. The highest BCUT2D eigenvalue weighted by Gasteiger charge is 2.28. The summed E-state index contributed by atoms with van der Waals surface area (Å²) in [5, 5.41) is 0. The highest BCUT2D eigenvalue weighted by atomic mass is 19.1. The van der Waals surface area contributed by atoms with E-state index in [9.17, 15) is 4.39 Å². The molecule has 1 heterocycles. The Morgan fingerprint density at radius 2 is 2.06 bits per heavy atom. The summed E-state index contributed by atoms with van der Waals surface area (Å²) in [4.78, 5) is 2.25. The monoisotopic (exact) mass is 236 g/mol. The van der Waals surface area contributed by atoms with Gasteiger partial charge < -0.3 is 5.73 Å². The molecule has 17 heavy (non-hydrogen) atoms. The van der Waals surface area contributed by atoms with E-state index in [4.69, 9.17) is 5.73 Å². The molecule has 0 spiro atoms. The Morgan fingerprint density at radius 1 is 1.29 bits per heavy atom. The van der Waals surface area contributed by atoms with Gasteiger partial charge in [0.05, 0.1) is 0 Å². The van der Waals surface area contributed by atoms with Crippen LogP contribution in [0.2, 0.25) is 0 Å². The van der Waals surface area contributed by atoms with Gasteiger partial charge in [-0.15, -0.1) is 0 Å². The Hall–Kier alpha value is -0.930. The second kappa shape index (κ2) is 6.12. The smallest absolute Gasteiger partial charge is 0.128 e. The van der Waals surface area contributed by atoms with Crippen LogP contribution in [0.1, 0.15) is 24.8 Å². The van der Waals surface area contributed by atoms with Crippen LogP contribution in [0.15, 0.2) is 30.3 Å². The molecule has 0 bridgehead atoms. The predicted molar refractivity (Wildman–Crippen MR) is 68.4 cm³/mol. The summed E-state index contributed by atoms with van der Waals surface area (Å²) in [5.41, 5.74) is 6.71. The lowest BCUT2D eigenvalue weighted by Crippen LogP contribution is -2.47. The van der Waals surface area contributed by atoms with E-state index in [1.165, 1.54) is 12.0 Å². The summed E-state index contributed by atoms with van der Waals surface area (Å²) in [7, 11) is 0. The van der Waals surface area contributed by atoms with Gasteiger partial charge >= 0.3 is 0 Å². The van der Waals surface area contributed by atoms with Crippen LogP contribution in [0.3, 0.4) is 0 Å². The van der Waals surface area contributed by atoms with Crippen molar-refractivity contribution >= 4 is 0 Å². The third-order valence-corrected chi connectivity index (χ3v) is 3.54. The van der Waals surface area contributed by atoms with Gasteiger partial charge in [-0.2, -0.15) is 0 Å². The Balaban J connectivity index is 2.01. The fraction of sp³-hybridized carbons (Fsp3) is 0.571. The van der Waals surface area contributed by atoms with E-state index in [1.807, 2.05) is 18.2 Å². The average molecular weight is 236 g/mol. The Labute approximate surface area is 103 Å². The maximum atomic E-state index is 13.8. The maximum absolute atomic E-state index is 13.8. The van der Waals surface area contributed by atoms with E-state index >= 15 is 0 Å². The second-order valence-electron chi connectivity index (χ2n) is 4.77. The van der Waals surface area contributed by atoms with Crippen LogP contribution < -0.4 is 5.73 Å². The minimum absolute atomic E-state index is 0.00829. The van der Waals surface area contributed by atoms with Gasteiger partial charge in [0.2, 0.25) is 0 Å². The molecule has 0 radical (unpaired) electrons. The summed E-state index contributed by atoms with van der Waals surface area (Å²) in [6, 6.07) is 10.3. The van der Waals surface area contributed by atoms with E-state index in [2.05, 4.69) is 17.0 Å². The van der Waals surface area contributed by atoms with Crippen molar-refractivity contribution in [3.05, 3.63) is 35.9 Å². The third kappa shape index (κ3) is 3.27. The molecular formula is C14H21FN2. The molecule has 2 nitrogen and oxygen atoms in total. The Bertz CT molecular complexity index is 328. The molecule has 0 amide bonds. The predicted octanol–water partition coefficient (Wildman–Crippen LogP) is 2.34. The summed E-state index contributed by atoms with van der Waals surface area (Å²) >= 11 is 0. The normalized spacial score (nSPS) is 23.5. The topological polar surface area (TPSA) is 29.3 Å². The largest absolute Gasteiger partial charge is 0.328 e. The van der Waals surface area contributed by atoms with Crippen molar-refractivity contribution in [2.75, 3.05) is 13.1 Å². The van der Waals surface area contributed by atoms with E-state index in [0.717, 1.165) is 25.9 Å². The molecule has 2 unspecified atom stereocenters. The SMILES string of the molecule is NCC(F)C1CCCCN1Cc1ccccc1.